The van der Waals surface area contributed by atoms with Gasteiger partial charge in [-0.05, 0) is 31.5 Å². The molecule has 1 atom stereocenters. The molecule has 116 valence electrons. The monoisotopic (exact) mass is 329 g/mol. The molecule has 0 saturated carbocycles. The zero-order chi connectivity index (χ0) is 16.4. The van der Waals surface area contributed by atoms with E-state index in [1.807, 2.05) is 0 Å². The summed E-state index contributed by atoms with van der Waals surface area (Å²) in [5.74, 6) is -0.324. The quantitative estimate of drug-likeness (QED) is 0.762. The number of rotatable bonds is 5. The lowest BCUT2D eigenvalue weighted by atomic mass is 10.1. The molecule has 0 aliphatic rings. The first kappa shape index (κ1) is 17.5. The maximum atomic E-state index is 12.3. The number of sulfonamides is 1. The summed E-state index contributed by atoms with van der Waals surface area (Å²) in [5, 5.41) is 0. The van der Waals surface area contributed by atoms with Crippen molar-refractivity contribution in [3.8, 4) is 0 Å². The van der Waals surface area contributed by atoms with E-state index in [-0.39, 0.29) is 15.8 Å². The number of aryl methyl sites for hydroxylation is 1. The number of hydrogen-bond acceptors (Lipinski definition) is 4. The highest BCUT2D eigenvalue weighted by atomic mass is 32.2. The largest absolute Gasteiger partial charge is 0.389 e. The lowest BCUT2D eigenvalue weighted by molar-refractivity contribution is -0.130. The molecule has 1 unspecified atom stereocenters. The van der Waals surface area contributed by atoms with Gasteiger partial charge in [0.1, 0.15) is 4.99 Å². The zero-order valence-electron chi connectivity index (χ0n) is 12.4. The van der Waals surface area contributed by atoms with Gasteiger partial charge in [-0.25, -0.2) is 8.42 Å². The maximum Gasteiger partial charge on any atom is 0.241 e. The third-order valence-electron chi connectivity index (χ3n) is 2.92. The summed E-state index contributed by atoms with van der Waals surface area (Å²) < 4.78 is 26.9. The summed E-state index contributed by atoms with van der Waals surface area (Å²) in [4.78, 5) is 13.3. The Bertz CT molecular complexity index is 669. The van der Waals surface area contributed by atoms with Crippen LogP contribution >= 0.6 is 12.2 Å². The molecule has 3 N–H and O–H groups in total. The molecule has 0 aromatic heterocycles. The first-order chi connectivity index (χ1) is 9.56. The number of carbonyl (C=O) groups is 1. The van der Waals surface area contributed by atoms with Gasteiger partial charge in [-0.1, -0.05) is 18.3 Å². The van der Waals surface area contributed by atoms with Gasteiger partial charge in [0, 0.05) is 19.7 Å². The summed E-state index contributed by atoms with van der Waals surface area (Å²) in [6, 6.07) is 3.60. The zero-order valence-corrected chi connectivity index (χ0v) is 14.0. The van der Waals surface area contributed by atoms with Crippen LogP contribution in [0.15, 0.2) is 23.1 Å². The molecule has 0 heterocycles. The van der Waals surface area contributed by atoms with Crippen molar-refractivity contribution in [3.63, 3.8) is 0 Å². The van der Waals surface area contributed by atoms with Gasteiger partial charge in [-0.2, -0.15) is 4.72 Å². The van der Waals surface area contributed by atoms with E-state index < -0.39 is 16.1 Å². The van der Waals surface area contributed by atoms with Crippen molar-refractivity contribution >= 4 is 33.1 Å². The molecule has 1 aromatic rings. The van der Waals surface area contributed by atoms with Gasteiger partial charge < -0.3 is 10.6 Å². The van der Waals surface area contributed by atoms with Crippen LogP contribution in [0.3, 0.4) is 0 Å². The van der Waals surface area contributed by atoms with Crippen LogP contribution in [-0.2, 0) is 14.8 Å². The SMILES string of the molecule is Cc1cc(S(=O)(=O)NC(C)C(=O)N(C)C)ccc1C(N)=S. The van der Waals surface area contributed by atoms with E-state index in [9.17, 15) is 13.2 Å². The summed E-state index contributed by atoms with van der Waals surface area (Å²) in [6.45, 7) is 3.22. The van der Waals surface area contributed by atoms with Gasteiger partial charge >= 0.3 is 0 Å². The Labute approximate surface area is 130 Å². The lowest BCUT2D eigenvalue weighted by Gasteiger charge is -2.18. The van der Waals surface area contributed by atoms with E-state index in [2.05, 4.69) is 4.72 Å². The van der Waals surface area contributed by atoms with E-state index in [1.165, 1.54) is 24.0 Å². The van der Waals surface area contributed by atoms with Crippen molar-refractivity contribution in [2.45, 2.75) is 24.8 Å². The van der Waals surface area contributed by atoms with Crippen molar-refractivity contribution < 1.29 is 13.2 Å². The Hall–Kier alpha value is -1.51. The molecule has 1 rings (SSSR count). The molecule has 0 saturated heterocycles. The van der Waals surface area contributed by atoms with E-state index in [0.29, 0.717) is 11.1 Å². The third kappa shape index (κ3) is 4.23. The summed E-state index contributed by atoms with van der Waals surface area (Å²) in [6.07, 6.45) is 0. The first-order valence-electron chi connectivity index (χ1n) is 6.20. The second kappa shape index (κ2) is 6.50. The predicted molar refractivity (Wildman–Crippen MR) is 85.5 cm³/mol. The number of amides is 1. The Balaban J connectivity index is 3.07. The van der Waals surface area contributed by atoms with Crippen LogP contribution in [-0.4, -0.2) is 44.4 Å². The number of benzene rings is 1. The molecule has 1 aromatic carbocycles. The normalized spacial score (nSPS) is 12.8. The first-order valence-corrected chi connectivity index (χ1v) is 8.09. The van der Waals surface area contributed by atoms with Gasteiger partial charge in [0.25, 0.3) is 0 Å². The topological polar surface area (TPSA) is 92.5 Å². The predicted octanol–water partition coefficient (Wildman–Crippen LogP) is 0.384. The van der Waals surface area contributed by atoms with Crippen molar-refractivity contribution in [3.05, 3.63) is 29.3 Å². The fourth-order valence-corrected chi connectivity index (χ4v) is 3.33. The molecule has 0 aliphatic heterocycles. The van der Waals surface area contributed by atoms with E-state index in [1.54, 1.807) is 27.1 Å². The van der Waals surface area contributed by atoms with E-state index >= 15 is 0 Å². The fourth-order valence-electron chi connectivity index (χ4n) is 1.82. The van der Waals surface area contributed by atoms with Crippen LogP contribution in [0.5, 0.6) is 0 Å². The minimum Gasteiger partial charge on any atom is -0.389 e. The highest BCUT2D eigenvalue weighted by Crippen LogP contribution is 2.16. The van der Waals surface area contributed by atoms with Crippen LogP contribution in [0, 0.1) is 6.92 Å². The minimum atomic E-state index is -3.78. The number of hydrogen-bond donors (Lipinski definition) is 2. The molecule has 6 nitrogen and oxygen atoms in total. The van der Waals surface area contributed by atoms with E-state index in [4.69, 9.17) is 18.0 Å². The third-order valence-corrected chi connectivity index (χ3v) is 4.68. The number of nitrogens with zero attached hydrogens (tertiary/aromatic N) is 1. The number of nitrogens with one attached hydrogen (secondary N) is 1. The van der Waals surface area contributed by atoms with Gasteiger partial charge in [0.2, 0.25) is 15.9 Å². The Morgan fingerprint density at radius 3 is 2.38 bits per heavy atom. The molecule has 1 amide bonds. The summed E-state index contributed by atoms with van der Waals surface area (Å²) in [5.41, 5.74) is 6.83. The van der Waals surface area contributed by atoms with Gasteiger partial charge in [0.05, 0.1) is 10.9 Å². The average Bonchev–Trinajstić information content (AvgIpc) is 2.36. The molecular formula is C13H19N3O3S2. The molecule has 0 bridgehead atoms. The highest BCUT2D eigenvalue weighted by Gasteiger charge is 2.23. The molecule has 0 aliphatic carbocycles. The second-order valence-electron chi connectivity index (χ2n) is 4.92. The van der Waals surface area contributed by atoms with Gasteiger partial charge in [-0.15, -0.1) is 0 Å². The van der Waals surface area contributed by atoms with E-state index in [0.717, 1.165) is 0 Å². The number of likely N-dealkylation sites (N-methyl/N-ethyl adjacent to an activating group) is 1. The van der Waals surface area contributed by atoms with Crippen molar-refractivity contribution in [2.24, 2.45) is 5.73 Å². The van der Waals surface area contributed by atoms with Gasteiger partial charge in [-0.3, -0.25) is 4.79 Å². The van der Waals surface area contributed by atoms with Crippen LogP contribution in [0.1, 0.15) is 18.1 Å². The van der Waals surface area contributed by atoms with Crippen molar-refractivity contribution in [1.82, 2.24) is 9.62 Å². The molecule has 0 spiro atoms. The fraction of sp³-hybridized carbons (Fsp3) is 0.385. The molecular weight excluding hydrogens is 310 g/mol. The Kier molecular flexibility index (Phi) is 5.43. The maximum absolute atomic E-state index is 12.3. The molecule has 21 heavy (non-hydrogen) atoms. The van der Waals surface area contributed by atoms with Crippen LogP contribution in [0.25, 0.3) is 0 Å². The Morgan fingerprint density at radius 2 is 1.95 bits per heavy atom. The highest BCUT2D eigenvalue weighted by molar-refractivity contribution is 7.89. The average molecular weight is 329 g/mol. The molecule has 8 heteroatoms. The molecule has 0 radical (unpaired) electrons. The van der Waals surface area contributed by atoms with Crippen LogP contribution in [0.4, 0.5) is 0 Å². The number of thiocarbonyl (C=S) groups is 1. The van der Waals surface area contributed by atoms with Crippen LogP contribution in [0.2, 0.25) is 0 Å². The van der Waals surface area contributed by atoms with Gasteiger partial charge in [0.15, 0.2) is 0 Å². The number of carbonyl (C=O) groups excluding carboxylic acids is 1. The van der Waals surface area contributed by atoms with Crippen molar-refractivity contribution in [2.75, 3.05) is 14.1 Å². The lowest BCUT2D eigenvalue weighted by Crippen LogP contribution is -2.44. The second-order valence-corrected chi connectivity index (χ2v) is 7.07. The standard InChI is InChI=1S/C13H19N3O3S2/c1-8-7-10(5-6-11(8)12(14)20)21(18,19)15-9(2)13(17)16(3)4/h5-7,9,15H,1-4H3,(H2,14,20). The Morgan fingerprint density at radius 1 is 1.38 bits per heavy atom. The number of nitrogens with two attached hydrogens (primary N) is 1. The minimum absolute atomic E-state index is 0.0680. The summed E-state index contributed by atoms with van der Waals surface area (Å²) in [7, 11) is -0.657. The molecule has 0 fully saturated rings. The van der Waals surface area contributed by atoms with Crippen molar-refractivity contribution in [1.29, 1.82) is 0 Å². The van der Waals surface area contributed by atoms with Crippen LogP contribution < -0.4 is 10.5 Å². The smallest absolute Gasteiger partial charge is 0.241 e. The summed E-state index contributed by atoms with van der Waals surface area (Å²) >= 11 is 4.88.